The topological polar surface area (TPSA) is 127 Å². The molecule has 1 heterocycles. The molecule has 0 amide bonds. The Morgan fingerprint density at radius 2 is 1.37 bits per heavy atom. The summed E-state index contributed by atoms with van der Waals surface area (Å²) in [5.41, 5.74) is 2.58. The maximum Gasteiger partial charge on any atom is 0.173 e. The van der Waals surface area contributed by atoms with E-state index in [4.69, 9.17) is 16.3 Å². The third-order valence-corrected chi connectivity index (χ3v) is 6.99. The number of ether oxygens (including phenoxy) is 1. The van der Waals surface area contributed by atoms with Crippen molar-refractivity contribution in [2.75, 3.05) is 6.61 Å². The van der Waals surface area contributed by atoms with Crippen molar-refractivity contribution in [2.24, 2.45) is 0 Å². The van der Waals surface area contributed by atoms with Crippen molar-refractivity contribution in [2.45, 2.75) is 25.7 Å². The van der Waals surface area contributed by atoms with Crippen LogP contribution in [-0.2, 0) is 19.3 Å². The van der Waals surface area contributed by atoms with Crippen LogP contribution in [0.4, 0.5) is 0 Å². The van der Waals surface area contributed by atoms with E-state index in [0.717, 1.165) is 5.56 Å². The number of para-hydroxylation sites is 1. The molecule has 0 bridgehead atoms. The van der Waals surface area contributed by atoms with Gasteiger partial charge in [0.05, 0.1) is 6.61 Å². The van der Waals surface area contributed by atoms with Gasteiger partial charge in [0.25, 0.3) is 0 Å². The molecule has 0 spiro atoms. The van der Waals surface area contributed by atoms with Crippen molar-refractivity contribution < 1.29 is 35.1 Å². The van der Waals surface area contributed by atoms with Crippen LogP contribution in [0.2, 0.25) is 5.02 Å². The van der Waals surface area contributed by atoms with Crippen LogP contribution in [-0.4, -0.2) is 37.9 Å². The molecule has 7 nitrogen and oxygen atoms in total. The summed E-state index contributed by atoms with van der Waals surface area (Å²) in [6, 6.07) is 16.4. The van der Waals surface area contributed by atoms with Crippen LogP contribution >= 0.6 is 11.6 Å². The van der Waals surface area contributed by atoms with Crippen molar-refractivity contribution in [3.05, 3.63) is 105 Å². The third kappa shape index (κ3) is 4.80. The Balaban J connectivity index is 1.60. The Hall–Kier alpha value is -4.36. The highest BCUT2D eigenvalue weighted by atomic mass is 35.5. The minimum absolute atomic E-state index is 0.00327. The summed E-state index contributed by atoms with van der Waals surface area (Å²) in [5, 5.41) is 53.9. The zero-order chi connectivity index (χ0) is 27.0. The fourth-order valence-electron chi connectivity index (χ4n) is 4.78. The molecule has 5 N–H and O–H groups in total. The summed E-state index contributed by atoms with van der Waals surface area (Å²) in [5.74, 6) is -0.926. The van der Waals surface area contributed by atoms with Gasteiger partial charge in [-0.05, 0) is 52.6 Å². The minimum atomic E-state index is -0.414. The van der Waals surface area contributed by atoms with Gasteiger partial charge in [0.15, 0.2) is 5.78 Å². The molecule has 1 aliphatic heterocycles. The molecule has 194 valence electrons. The van der Waals surface area contributed by atoms with Crippen molar-refractivity contribution in [1.82, 2.24) is 0 Å². The number of carbonyl (C=O) groups excluding carboxylic acids is 1. The monoisotopic (exact) mass is 532 g/mol. The number of phenolic OH excluding ortho intramolecular Hbond substituents is 5. The zero-order valence-corrected chi connectivity index (χ0v) is 21.0. The number of benzene rings is 4. The molecule has 8 heteroatoms. The Kier molecular flexibility index (Phi) is 6.78. The molecular formula is C30H25ClO7. The van der Waals surface area contributed by atoms with Crippen LogP contribution in [0.1, 0.15) is 50.2 Å². The van der Waals surface area contributed by atoms with E-state index in [1.165, 1.54) is 24.3 Å². The highest BCUT2D eigenvalue weighted by Gasteiger charge is 2.32. The lowest BCUT2D eigenvalue weighted by molar-refractivity contribution is 0.0928. The summed E-state index contributed by atoms with van der Waals surface area (Å²) >= 11 is 6.09. The number of aromatic hydroxyl groups is 5. The van der Waals surface area contributed by atoms with E-state index in [1.54, 1.807) is 30.3 Å². The summed E-state index contributed by atoms with van der Waals surface area (Å²) in [6.07, 6.45) is 0.370. The number of ketones is 1. The van der Waals surface area contributed by atoms with Crippen molar-refractivity contribution >= 4 is 17.4 Å². The molecule has 0 fully saturated rings. The van der Waals surface area contributed by atoms with Gasteiger partial charge in [-0.25, -0.2) is 0 Å². The van der Waals surface area contributed by atoms with Gasteiger partial charge in [0.2, 0.25) is 0 Å². The summed E-state index contributed by atoms with van der Waals surface area (Å²) in [6.45, 7) is 0.0887. The number of hydrogen-bond acceptors (Lipinski definition) is 7. The second-order valence-electron chi connectivity index (χ2n) is 9.28. The normalized spacial score (nSPS) is 12.7. The van der Waals surface area contributed by atoms with Crippen LogP contribution in [0.3, 0.4) is 0 Å². The smallest absolute Gasteiger partial charge is 0.173 e. The summed E-state index contributed by atoms with van der Waals surface area (Å²) < 4.78 is 5.76. The first-order valence-corrected chi connectivity index (χ1v) is 12.4. The molecule has 0 saturated carbocycles. The number of carbonyl (C=O) groups is 1. The zero-order valence-electron chi connectivity index (χ0n) is 20.2. The standard InChI is InChI=1S/C30H25ClO7/c31-20-6-8-25(34)19(13-20)14-21-28(36)22(30-27(29(21)37)26(35)9-10-38-30)15-18-12-16(5-7-24(18)33)11-17-3-1-2-4-23(17)32/h1-8,12-13,32-34,36-37H,9-11,14-15H2. The number of halogens is 1. The fraction of sp³-hybridized carbons (Fsp3) is 0.167. The molecule has 0 radical (unpaired) electrons. The molecule has 0 saturated heterocycles. The molecule has 5 rings (SSSR count). The Morgan fingerprint density at radius 3 is 2.13 bits per heavy atom. The van der Waals surface area contributed by atoms with E-state index >= 15 is 0 Å². The Morgan fingerprint density at radius 1 is 0.711 bits per heavy atom. The lowest BCUT2D eigenvalue weighted by Gasteiger charge is -2.24. The highest BCUT2D eigenvalue weighted by molar-refractivity contribution is 6.30. The van der Waals surface area contributed by atoms with Crippen LogP contribution in [0.15, 0.2) is 60.7 Å². The van der Waals surface area contributed by atoms with E-state index < -0.39 is 5.75 Å². The molecular weight excluding hydrogens is 508 g/mol. The minimum Gasteiger partial charge on any atom is -0.508 e. The molecule has 0 unspecified atom stereocenters. The Labute approximate surface area is 223 Å². The molecule has 4 aromatic rings. The van der Waals surface area contributed by atoms with Gasteiger partial charge in [-0.3, -0.25) is 4.79 Å². The molecule has 0 aliphatic carbocycles. The van der Waals surface area contributed by atoms with Crippen molar-refractivity contribution in [3.8, 4) is 34.5 Å². The largest absolute Gasteiger partial charge is 0.508 e. The van der Waals surface area contributed by atoms with Gasteiger partial charge < -0.3 is 30.3 Å². The number of fused-ring (bicyclic) bond motifs is 1. The third-order valence-electron chi connectivity index (χ3n) is 6.76. The van der Waals surface area contributed by atoms with Crippen molar-refractivity contribution in [1.29, 1.82) is 0 Å². The lowest BCUT2D eigenvalue weighted by atomic mass is 9.89. The van der Waals surface area contributed by atoms with Crippen LogP contribution in [0.25, 0.3) is 0 Å². The van der Waals surface area contributed by atoms with Crippen LogP contribution < -0.4 is 4.74 Å². The molecule has 0 atom stereocenters. The highest BCUT2D eigenvalue weighted by Crippen LogP contribution is 2.47. The maximum atomic E-state index is 12.8. The first-order valence-electron chi connectivity index (χ1n) is 12.0. The van der Waals surface area contributed by atoms with E-state index in [2.05, 4.69) is 0 Å². The van der Waals surface area contributed by atoms with Gasteiger partial charge in [0.1, 0.15) is 40.1 Å². The second-order valence-corrected chi connectivity index (χ2v) is 9.71. The fourth-order valence-corrected chi connectivity index (χ4v) is 4.97. The average Bonchev–Trinajstić information content (AvgIpc) is 2.89. The Bertz CT molecular complexity index is 1560. The molecule has 4 aromatic carbocycles. The van der Waals surface area contributed by atoms with Gasteiger partial charge in [-0.15, -0.1) is 0 Å². The van der Waals surface area contributed by atoms with Gasteiger partial charge in [0, 0.05) is 41.8 Å². The number of phenols is 5. The van der Waals surface area contributed by atoms with E-state index in [0.29, 0.717) is 28.1 Å². The first kappa shape index (κ1) is 25.3. The molecule has 38 heavy (non-hydrogen) atoms. The second kappa shape index (κ2) is 10.2. The SMILES string of the molecule is O=C1CCOc2c(Cc3cc(Cc4ccccc4O)ccc3O)c(O)c(Cc3cc(Cl)ccc3O)c(O)c21. The summed E-state index contributed by atoms with van der Waals surface area (Å²) in [7, 11) is 0. The number of hydrogen-bond donors (Lipinski definition) is 5. The van der Waals surface area contributed by atoms with Gasteiger partial charge >= 0.3 is 0 Å². The van der Waals surface area contributed by atoms with Gasteiger partial charge in [-0.1, -0.05) is 41.9 Å². The maximum absolute atomic E-state index is 12.8. The van der Waals surface area contributed by atoms with E-state index in [1.807, 2.05) is 6.07 Å². The molecule has 1 aliphatic rings. The quantitative estimate of drug-likeness (QED) is 0.218. The van der Waals surface area contributed by atoms with E-state index in [-0.39, 0.29) is 77.1 Å². The van der Waals surface area contributed by atoms with Crippen LogP contribution in [0, 0.1) is 0 Å². The van der Waals surface area contributed by atoms with E-state index in [9.17, 15) is 30.3 Å². The van der Waals surface area contributed by atoms with Gasteiger partial charge in [-0.2, -0.15) is 0 Å². The number of rotatable bonds is 6. The van der Waals surface area contributed by atoms with Crippen molar-refractivity contribution in [3.63, 3.8) is 0 Å². The first-order chi connectivity index (χ1) is 18.2. The number of Topliss-reactive ketones (excluding diaryl/α,β-unsaturated/α-hetero) is 1. The molecule has 0 aromatic heterocycles. The average molecular weight is 533 g/mol. The predicted molar refractivity (Wildman–Crippen MR) is 142 cm³/mol. The summed E-state index contributed by atoms with van der Waals surface area (Å²) in [4.78, 5) is 12.8. The predicted octanol–water partition coefficient (Wildman–Crippen LogP) is 5.61. The lowest BCUT2D eigenvalue weighted by Crippen LogP contribution is -2.18. The van der Waals surface area contributed by atoms with Crippen LogP contribution in [0.5, 0.6) is 34.5 Å².